The number of aryl methyl sites for hydroxylation is 1. The molecule has 2 aromatic heterocycles. The summed E-state index contributed by atoms with van der Waals surface area (Å²) in [6.07, 6.45) is 0.624. The Balaban J connectivity index is 1.66. The number of thiazole rings is 1. The van der Waals surface area contributed by atoms with Crippen molar-refractivity contribution in [2.45, 2.75) is 26.7 Å². The molecule has 0 radical (unpaired) electrons. The molecule has 26 heavy (non-hydrogen) atoms. The van der Waals surface area contributed by atoms with Gasteiger partial charge in [-0.1, -0.05) is 19.1 Å². The molecule has 0 aliphatic carbocycles. The van der Waals surface area contributed by atoms with Crippen LogP contribution >= 0.6 is 22.7 Å². The second-order valence-electron chi connectivity index (χ2n) is 5.78. The van der Waals surface area contributed by atoms with E-state index in [2.05, 4.69) is 15.6 Å². The molecule has 0 atom stereocenters. The van der Waals surface area contributed by atoms with Crippen molar-refractivity contribution in [1.82, 2.24) is 4.98 Å². The van der Waals surface area contributed by atoms with E-state index in [1.807, 2.05) is 41.9 Å². The maximum Gasteiger partial charge on any atom is 0.230 e. The average Bonchev–Trinajstić information content (AvgIpc) is 3.29. The lowest BCUT2D eigenvalue weighted by Crippen LogP contribution is -2.16. The topological polar surface area (TPSA) is 71.1 Å². The number of nitrogens with zero attached hydrogens (tertiary/aromatic N) is 1. The van der Waals surface area contributed by atoms with Crippen LogP contribution in [-0.2, 0) is 16.0 Å². The van der Waals surface area contributed by atoms with Gasteiger partial charge >= 0.3 is 0 Å². The van der Waals surface area contributed by atoms with E-state index in [1.165, 1.54) is 0 Å². The third-order valence-corrected chi connectivity index (χ3v) is 5.67. The number of amides is 2. The molecule has 2 amide bonds. The maximum atomic E-state index is 12.4. The molecule has 7 heteroatoms. The number of anilines is 2. The third-order valence-electron chi connectivity index (χ3n) is 3.74. The first kappa shape index (κ1) is 18.3. The van der Waals surface area contributed by atoms with E-state index in [0.717, 1.165) is 21.1 Å². The van der Waals surface area contributed by atoms with Crippen LogP contribution in [0, 0.1) is 6.92 Å². The van der Waals surface area contributed by atoms with E-state index >= 15 is 0 Å². The molecule has 3 rings (SSSR count). The Bertz CT molecular complexity index is 917. The highest BCUT2D eigenvalue weighted by atomic mass is 32.1. The largest absolute Gasteiger partial charge is 0.326 e. The molecule has 2 heterocycles. The van der Waals surface area contributed by atoms with Crippen molar-refractivity contribution >= 4 is 45.9 Å². The van der Waals surface area contributed by atoms with E-state index in [1.54, 1.807) is 35.7 Å². The number of benzene rings is 1. The van der Waals surface area contributed by atoms with Gasteiger partial charge in [0.15, 0.2) is 0 Å². The number of hydrogen-bond donors (Lipinski definition) is 2. The van der Waals surface area contributed by atoms with E-state index in [9.17, 15) is 9.59 Å². The number of carbonyl (C=O) groups is 2. The Kier molecular flexibility index (Phi) is 5.80. The molecule has 0 aliphatic rings. The Morgan fingerprint density at radius 1 is 1.12 bits per heavy atom. The zero-order valence-corrected chi connectivity index (χ0v) is 16.2. The van der Waals surface area contributed by atoms with Crippen LogP contribution < -0.4 is 10.6 Å². The number of nitrogens with one attached hydrogen (secondary N) is 2. The second kappa shape index (κ2) is 8.25. The molecular weight excluding hydrogens is 366 g/mol. The molecule has 0 bridgehead atoms. The van der Waals surface area contributed by atoms with Crippen LogP contribution in [0.2, 0.25) is 0 Å². The molecule has 5 nitrogen and oxygen atoms in total. The molecule has 0 unspecified atom stereocenters. The molecule has 0 spiro atoms. The van der Waals surface area contributed by atoms with Crippen LogP contribution in [0.15, 0.2) is 41.1 Å². The number of thiophene rings is 1. The van der Waals surface area contributed by atoms with Crippen molar-refractivity contribution < 1.29 is 9.59 Å². The monoisotopic (exact) mass is 385 g/mol. The minimum absolute atomic E-state index is 0.0605. The van der Waals surface area contributed by atoms with E-state index < -0.39 is 0 Å². The lowest BCUT2D eigenvalue weighted by Gasteiger charge is -2.11. The van der Waals surface area contributed by atoms with Gasteiger partial charge in [-0.25, -0.2) is 4.98 Å². The van der Waals surface area contributed by atoms with E-state index in [0.29, 0.717) is 17.8 Å². The maximum absolute atomic E-state index is 12.4. The predicted octanol–water partition coefficient (Wildman–Crippen LogP) is 4.71. The van der Waals surface area contributed by atoms with Crippen LogP contribution in [0.5, 0.6) is 0 Å². The minimum atomic E-state index is -0.130. The van der Waals surface area contributed by atoms with Crippen LogP contribution in [0.1, 0.15) is 24.6 Å². The van der Waals surface area contributed by atoms with Crippen molar-refractivity contribution in [3.05, 3.63) is 52.3 Å². The van der Waals surface area contributed by atoms with E-state index in [-0.39, 0.29) is 18.2 Å². The highest BCUT2D eigenvalue weighted by Crippen LogP contribution is 2.28. The number of aromatic nitrogens is 1. The molecule has 0 aliphatic heterocycles. The summed E-state index contributed by atoms with van der Waals surface area (Å²) in [6, 6.07) is 9.48. The lowest BCUT2D eigenvalue weighted by atomic mass is 10.1. The fraction of sp³-hybridized carbons (Fsp3) is 0.211. The summed E-state index contributed by atoms with van der Waals surface area (Å²) in [5, 5.41) is 10.6. The SMILES string of the molecule is CCC(=O)Nc1ccc(C)c(NC(=O)Cc2csc(-c3cccs3)n2)c1. The number of carbonyl (C=O) groups excluding carboxylic acids is 2. The van der Waals surface area contributed by atoms with Gasteiger partial charge in [0.05, 0.1) is 17.0 Å². The predicted molar refractivity (Wildman–Crippen MR) is 108 cm³/mol. The van der Waals surface area contributed by atoms with Crippen molar-refractivity contribution in [3.63, 3.8) is 0 Å². The van der Waals surface area contributed by atoms with Crippen molar-refractivity contribution in [2.75, 3.05) is 10.6 Å². The van der Waals surface area contributed by atoms with Gasteiger partial charge in [-0.15, -0.1) is 22.7 Å². The van der Waals surface area contributed by atoms with Crippen LogP contribution in [0.3, 0.4) is 0 Å². The summed E-state index contributed by atoms with van der Waals surface area (Å²) < 4.78 is 0. The Morgan fingerprint density at radius 2 is 1.96 bits per heavy atom. The molecule has 0 saturated heterocycles. The summed E-state index contributed by atoms with van der Waals surface area (Å²) in [7, 11) is 0. The molecular formula is C19H19N3O2S2. The third kappa shape index (κ3) is 4.56. The van der Waals surface area contributed by atoms with Crippen molar-refractivity contribution in [3.8, 4) is 9.88 Å². The summed E-state index contributed by atoms with van der Waals surface area (Å²) in [6.45, 7) is 3.71. The summed E-state index contributed by atoms with van der Waals surface area (Å²) in [5.41, 5.74) is 3.05. The Hall–Kier alpha value is -2.51. The van der Waals surface area contributed by atoms with Gasteiger partial charge in [-0.2, -0.15) is 0 Å². The fourth-order valence-corrected chi connectivity index (χ4v) is 3.98. The van der Waals surface area contributed by atoms with Crippen LogP contribution in [0.4, 0.5) is 11.4 Å². The quantitative estimate of drug-likeness (QED) is 0.645. The first-order valence-electron chi connectivity index (χ1n) is 8.23. The average molecular weight is 386 g/mol. The Labute approximate surface area is 160 Å². The Morgan fingerprint density at radius 3 is 2.69 bits per heavy atom. The number of hydrogen-bond acceptors (Lipinski definition) is 5. The van der Waals surface area contributed by atoms with Gasteiger partial charge in [0.2, 0.25) is 11.8 Å². The zero-order valence-electron chi connectivity index (χ0n) is 14.5. The van der Waals surface area contributed by atoms with E-state index in [4.69, 9.17) is 0 Å². The van der Waals surface area contributed by atoms with Gasteiger partial charge in [-0.05, 0) is 36.1 Å². The highest BCUT2D eigenvalue weighted by Gasteiger charge is 2.11. The van der Waals surface area contributed by atoms with Gasteiger partial charge in [0, 0.05) is 23.2 Å². The van der Waals surface area contributed by atoms with Gasteiger partial charge in [-0.3, -0.25) is 9.59 Å². The highest BCUT2D eigenvalue weighted by molar-refractivity contribution is 7.20. The molecule has 0 fully saturated rings. The minimum Gasteiger partial charge on any atom is -0.326 e. The summed E-state index contributed by atoms with van der Waals surface area (Å²) >= 11 is 3.18. The van der Waals surface area contributed by atoms with Crippen LogP contribution in [0.25, 0.3) is 9.88 Å². The van der Waals surface area contributed by atoms with Gasteiger partial charge in [0.25, 0.3) is 0 Å². The standard InChI is InChI=1S/C19H19N3O2S2/c1-3-17(23)20-13-7-6-12(2)15(9-13)22-18(24)10-14-11-26-19(21-14)16-5-4-8-25-16/h4-9,11H,3,10H2,1-2H3,(H,20,23)(H,22,24). The smallest absolute Gasteiger partial charge is 0.230 e. The number of rotatable bonds is 6. The van der Waals surface area contributed by atoms with Crippen molar-refractivity contribution in [1.29, 1.82) is 0 Å². The lowest BCUT2D eigenvalue weighted by molar-refractivity contribution is -0.116. The fourth-order valence-electron chi connectivity index (χ4n) is 2.34. The summed E-state index contributed by atoms with van der Waals surface area (Å²) in [4.78, 5) is 29.6. The molecule has 2 N–H and O–H groups in total. The first-order chi connectivity index (χ1) is 12.5. The second-order valence-corrected chi connectivity index (χ2v) is 7.58. The van der Waals surface area contributed by atoms with Crippen molar-refractivity contribution in [2.24, 2.45) is 0 Å². The summed E-state index contributed by atoms with van der Waals surface area (Å²) in [5.74, 6) is -0.190. The zero-order chi connectivity index (χ0) is 18.5. The van der Waals surface area contributed by atoms with Gasteiger partial charge in [0.1, 0.15) is 5.01 Å². The normalized spacial score (nSPS) is 10.5. The first-order valence-corrected chi connectivity index (χ1v) is 9.99. The molecule has 0 saturated carbocycles. The molecule has 1 aromatic carbocycles. The van der Waals surface area contributed by atoms with Crippen LogP contribution in [-0.4, -0.2) is 16.8 Å². The van der Waals surface area contributed by atoms with Gasteiger partial charge < -0.3 is 10.6 Å². The molecule has 134 valence electrons. The molecule has 3 aromatic rings.